The third kappa shape index (κ3) is 28.9. The first-order valence-electron chi connectivity index (χ1n) is 18.3. The molecule has 0 aromatic rings. The average molecular weight is 662 g/mol. The Morgan fingerprint density at radius 1 is 0.733 bits per heavy atom. The Bertz CT molecular complexity index is 799. The standard InChI is InChI=1S/C35H68NO8P/c1-35(2,3)26-20-16-12-8-7-11-15-19-23-34(38)44-32(30-43-45(39,40)42-28-27-36)29-41-33(37)22-18-14-10-6-4-5-9-13-17-21-31-24-25-31/h31-32H,4-30,36H2,1-3H3,(H,39,40)/t32-/m0/s1. The highest BCUT2D eigenvalue weighted by Gasteiger charge is 2.21. The summed E-state index contributed by atoms with van der Waals surface area (Å²) in [7, 11) is -4.57. The zero-order valence-electron chi connectivity index (χ0n) is 29.2. The summed E-state index contributed by atoms with van der Waals surface area (Å²) in [6.07, 6.45) is 24.6. The lowest BCUT2D eigenvalue weighted by molar-refractivity contribution is -0.373. The molecule has 10 heteroatoms. The Morgan fingerprint density at radius 3 is 1.73 bits per heavy atom. The normalized spacial score (nSPS) is 15.5. The molecule has 1 aliphatic rings. The highest BCUT2D eigenvalue weighted by Crippen LogP contribution is 2.38. The van der Waals surface area contributed by atoms with Crippen molar-refractivity contribution in [2.24, 2.45) is 11.3 Å². The number of ether oxygens (including phenoxy) is 2. The van der Waals surface area contributed by atoms with Crippen LogP contribution in [0.1, 0.15) is 168 Å². The van der Waals surface area contributed by atoms with Crippen LogP contribution < -0.4 is 10.6 Å². The molecule has 45 heavy (non-hydrogen) atoms. The van der Waals surface area contributed by atoms with Crippen LogP contribution in [0.15, 0.2) is 0 Å². The Labute approximate surface area is 275 Å². The lowest BCUT2D eigenvalue weighted by Gasteiger charge is -2.25. The van der Waals surface area contributed by atoms with Crippen LogP contribution in [0.2, 0.25) is 0 Å². The molecule has 3 N–H and O–H groups in total. The molecule has 0 heterocycles. The van der Waals surface area contributed by atoms with Crippen molar-refractivity contribution >= 4 is 19.8 Å². The molecule has 266 valence electrons. The quantitative estimate of drug-likeness (QED) is 0.0451. The van der Waals surface area contributed by atoms with Gasteiger partial charge in [-0.3, -0.25) is 14.2 Å². The highest BCUT2D eigenvalue weighted by atomic mass is 31.2. The van der Waals surface area contributed by atoms with Crippen molar-refractivity contribution in [3.63, 3.8) is 0 Å². The summed E-state index contributed by atoms with van der Waals surface area (Å²) in [5.74, 6) is 0.200. The molecule has 0 aliphatic heterocycles. The lowest BCUT2D eigenvalue weighted by atomic mass is 9.89. The number of carbonyl (C=O) groups is 2. The molecule has 0 saturated heterocycles. The third-order valence-electron chi connectivity index (χ3n) is 8.29. The van der Waals surface area contributed by atoms with Gasteiger partial charge in [-0.1, -0.05) is 136 Å². The number of hydrogen-bond donors (Lipinski definition) is 1. The van der Waals surface area contributed by atoms with E-state index >= 15 is 0 Å². The second-order valence-electron chi connectivity index (χ2n) is 14.3. The monoisotopic (exact) mass is 661 g/mol. The zero-order valence-corrected chi connectivity index (χ0v) is 30.1. The number of esters is 2. The molecule has 9 nitrogen and oxygen atoms in total. The summed E-state index contributed by atoms with van der Waals surface area (Å²) in [5, 5.41) is 0. The maximum absolute atomic E-state index is 12.5. The van der Waals surface area contributed by atoms with Gasteiger partial charge in [-0.2, -0.15) is 0 Å². The van der Waals surface area contributed by atoms with E-state index in [9.17, 15) is 19.0 Å². The number of rotatable bonds is 31. The number of phosphoric acid groups is 1. The molecular formula is C35H68NO8P. The van der Waals surface area contributed by atoms with Crippen molar-refractivity contribution in [1.29, 1.82) is 0 Å². The predicted octanol–water partition coefficient (Wildman–Crippen LogP) is 7.83. The highest BCUT2D eigenvalue weighted by molar-refractivity contribution is 7.45. The maximum atomic E-state index is 12.5. The molecule has 0 aromatic heterocycles. The molecule has 0 radical (unpaired) electrons. The van der Waals surface area contributed by atoms with Gasteiger partial charge in [0.05, 0.1) is 13.2 Å². The van der Waals surface area contributed by atoms with Crippen LogP contribution in [0.5, 0.6) is 0 Å². The minimum Gasteiger partial charge on any atom is -0.756 e. The molecule has 0 amide bonds. The first-order valence-corrected chi connectivity index (χ1v) is 19.7. The third-order valence-corrected chi connectivity index (χ3v) is 9.25. The van der Waals surface area contributed by atoms with Gasteiger partial charge in [0.2, 0.25) is 0 Å². The summed E-state index contributed by atoms with van der Waals surface area (Å²) in [6, 6.07) is 0. The van der Waals surface area contributed by atoms with Crippen LogP contribution in [0.3, 0.4) is 0 Å². The number of carbonyl (C=O) groups excluding carboxylic acids is 2. The predicted molar refractivity (Wildman–Crippen MR) is 177 cm³/mol. The van der Waals surface area contributed by atoms with E-state index in [1.54, 1.807) is 0 Å². The molecule has 1 aliphatic carbocycles. The molecule has 1 unspecified atom stereocenters. The fraction of sp³-hybridized carbons (Fsp3) is 0.943. The molecule has 0 spiro atoms. The van der Waals surface area contributed by atoms with Gasteiger partial charge in [-0.15, -0.1) is 0 Å². The molecule has 1 fully saturated rings. The van der Waals surface area contributed by atoms with Crippen molar-refractivity contribution in [2.45, 2.75) is 175 Å². The molecule has 1 rings (SSSR count). The van der Waals surface area contributed by atoms with Crippen LogP contribution in [0, 0.1) is 11.3 Å². The van der Waals surface area contributed by atoms with E-state index in [4.69, 9.17) is 18.5 Å². The van der Waals surface area contributed by atoms with E-state index in [0.29, 0.717) is 11.8 Å². The summed E-state index contributed by atoms with van der Waals surface area (Å²) >= 11 is 0. The zero-order chi connectivity index (χ0) is 33.2. The van der Waals surface area contributed by atoms with Crippen LogP contribution in [0.25, 0.3) is 0 Å². The van der Waals surface area contributed by atoms with Crippen LogP contribution in [-0.4, -0.2) is 44.4 Å². The second-order valence-corrected chi connectivity index (χ2v) is 15.7. The van der Waals surface area contributed by atoms with Crippen LogP contribution in [-0.2, 0) is 32.7 Å². The number of quaternary nitrogens is 1. The van der Waals surface area contributed by atoms with Crippen LogP contribution >= 0.6 is 7.82 Å². The topological polar surface area (TPSA) is 139 Å². The van der Waals surface area contributed by atoms with Gasteiger partial charge in [0.25, 0.3) is 7.82 Å². The number of phosphoric ester groups is 1. The fourth-order valence-electron chi connectivity index (χ4n) is 5.34. The Hall–Kier alpha value is -0.990. The first-order chi connectivity index (χ1) is 21.5. The Morgan fingerprint density at radius 2 is 1.22 bits per heavy atom. The Kier molecular flexibility index (Phi) is 24.3. The van der Waals surface area contributed by atoms with Crippen molar-refractivity contribution in [3.05, 3.63) is 0 Å². The van der Waals surface area contributed by atoms with E-state index in [0.717, 1.165) is 44.4 Å². The summed E-state index contributed by atoms with van der Waals surface area (Å²) in [6.45, 7) is 6.29. The van der Waals surface area contributed by atoms with Gasteiger partial charge in [-0.25, -0.2) is 0 Å². The molecule has 0 aromatic carbocycles. The van der Waals surface area contributed by atoms with Gasteiger partial charge in [0, 0.05) is 12.8 Å². The van der Waals surface area contributed by atoms with E-state index < -0.39 is 26.5 Å². The first kappa shape index (κ1) is 42.0. The maximum Gasteiger partial charge on any atom is 0.306 e. The minimum atomic E-state index is -4.57. The summed E-state index contributed by atoms with van der Waals surface area (Å²) < 4.78 is 32.4. The van der Waals surface area contributed by atoms with E-state index in [2.05, 4.69) is 26.5 Å². The minimum absolute atomic E-state index is 0.0997. The molecule has 1 saturated carbocycles. The van der Waals surface area contributed by atoms with Gasteiger partial charge < -0.3 is 29.1 Å². The molecule has 0 bridgehead atoms. The summed E-state index contributed by atoms with van der Waals surface area (Å²) in [5.41, 5.74) is 3.95. The second kappa shape index (κ2) is 26.0. The Balaban J connectivity index is 2.21. The lowest BCUT2D eigenvalue weighted by Crippen LogP contribution is -2.52. The van der Waals surface area contributed by atoms with E-state index in [1.807, 2.05) is 0 Å². The van der Waals surface area contributed by atoms with Crippen molar-refractivity contribution in [1.82, 2.24) is 0 Å². The number of hydrogen-bond acceptors (Lipinski definition) is 8. The van der Waals surface area contributed by atoms with Crippen molar-refractivity contribution < 1.29 is 43.3 Å². The smallest absolute Gasteiger partial charge is 0.306 e. The van der Waals surface area contributed by atoms with E-state index in [1.165, 1.54) is 89.9 Å². The fourth-order valence-corrected chi connectivity index (χ4v) is 6.11. The van der Waals surface area contributed by atoms with Gasteiger partial charge in [0.1, 0.15) is 13.2 Å². The van der Waals surface area contributed by atoms with Gasteiger partial charge >= 0.3 is 11.9 Å². The van der Waals surface area contributed by atoms with Crippen molar-refractivity contribution in [2.75, 3.05) is 26.4 Å². The largest absolute Gasteiger partial charge is 0.756 e. The number of unbranched alkanes of at least 4 members (excludes halogenated alkanes) is 15. The van der Waals surface area contributed by atoms with Gasteiger partial charge in [0.15, 0.2) is 6.10 Å². The average Bonchev–Trinajstić information content (AvgIpc) is 3.81. The molecular weight excluding hydrogens is 593 g/mol. The SMILES string of the molecule is CC(C)(C)CCCCCCCCCCC(=O)O[C@@H](COC(=O)CCCCCCCCCCCC1CC1)COP(=O)([O-])OCC[NH3+]. The molecule has 2 atom stereocenters. The van der Waals surface area contributed by atoms with Crippen LogP contribution in [0.4, 0.5) is 0 Å². The van der Waals surface area contributed by atoms with Gasteiger partial charge in [-0.05, 0) is 30.6 Å². The van der Waals surface area contributed by atoms with Crippen molar-refractivity contribution in [3.8, 4) is 0 Å². The summed E-state index contributed by atoms with van der Waals surface area (Å²) in [4.78, 5) is 36.8. The van der Waals surface area contributed by atoms with E-state index in [-0.39, 0.29) is 38.6 Å².